The minimum Gasteiger partial charge on any atom is -0.384 e. The number of nitrogens with zero attached hydrogens (tertiary/aromatic N) is 3. The number of halogens is 1. The smallest absolute Gasteiger partial charge is 0.134 e. The van der Waals surface area contributed by atoms with Crippen LogP contribution in [0.1, 0.15) is 12.5 Å². The van der Waals surface area contributed by atoms with Crippen LogP contribution in [0.3, 0.4) is 0 Å². The van der Waals surface area contributed by atoms with Gasteiger partial charge in [0, 0.05) is 36.3 Å². The summed E-state index contributed by atoms with van der Waals surface area (Å²) in [6, 6.07) is 9.18. The van der Waals surface area contributed by atoms with Crippen molar-refractivity contribution >= 4 is 23.2 Å². The molecule has 0 bridgehead atoms. The number of hydrogen-bond acceptors (Lipinski definition) is 6. The van der Waals surface area contributed by atoms with Gasteiger partial charge in [-0.3, -0.25) is 0 Å². The summed E-state index contributed by atoms with van der Waals surface area (Å²) in [4.78, 5) is 10.7. The molecule has 1 saturated heterocycles. The first-order valence-electron chi connectivity index (χ1n) is 7.92. The van der Waals surface area contributed by atoms with Crippen molar-refractivity contribution in [2.45, 2.75) is 12.5 Å². The molecule has 1 aromatic heterocycles. The maximum absolute atomic E-state index is 10.7. The number of rotatable bonds is 5. The van der Waals surface area contributed by atoms with Gasteiger partial charge in [-0.2, -0.15) is 0 Å². The van der Waals surface area contributed by atoms with E-state index in [1.165, 1.54) is 6.33 Å². The van der Waals surface area contributed by atoms with Gasteiger partial charge in [0.15, 0.2) is 0 Å². The largest absolute Gasteiger partial charge is 0.384 e. The fraction of sp³-hybridized carbons (Fsp3) is 0.412. The molecule has 0 aliphatic carbocycles. The van der Waals surface area contributed by atoms with E-state index < -0.39 is 5.60 Å². The van der Waals surface area contributed by atoms with Crippen LogP contribution in [0.15, 0.2) is 36.7 Å². The van der Waals surface area contributed by atoms with Crippen molar-refractivity contribution in [3.8, 4) is 0 Å². The zero-order chi connectivity index (χ0) is 17.0. The summed E-state index contributed by atoms with van der Waals surface area (Å²) in [5, 5.41) is 14.4. The van der Waals surface area contributed by atoms with Crippen LogP contribution in [0.2, 0.25) is 5.02 Å². The molecule has 0 spiro atoms. The van der Waals surface area contributed by atoms with Crippen LogP contribution in [0, 0.1) is 0 Å². The molecule has 1 aliphatic heterocycles. The molecule has 7 heteroatoms. The van der Waals surface area contributed by atoms with E-state index in [2.05, 4.69) is 20.2 Å². The highest BCUT2D eigenvalue weighted by Gasteiger charge is 2.25. The Bertz CT molecular complexity index is 690. The molecule has 128 valence electrons. The van der Waals surface area contributed by atoms with E-state index in [9.17, 15) is 5.11 Å². The maximum Gasteiger partial charge on any atom is 0.134 e. The Morgan fingerprint density at radius 2 is 2.04 bits per heavy atom. The lowest BCUT2D eigenvalue weighted by atomic mass is 9.96. The zero-order valence-corrected chi connectivity index (χ0v) is 14.3. The quantitative estimate of drug-likeness (QED) is 0.864. The third kappa shape index (κ3) is 3.95. The van der Waals surface area contributed by atoms with E-state index in [-0.39, 0.29) is 6.54 Å². The third-order valence-electron chi connectivity index (χ3n) is 4.06. The van der Waals surface area contributed by atoms with Crippen LogP contribution in [0.25, 0.3) is 0 Å². The molecule has 1 unspecified atom stereocenters. The van der Waals surface area contributed by atoms with Crippen molar-refractivity contribution in [1.29, 1.82) is 0 Å². The highest BCUT2D eigenvalue weighted by atomic mass is 35.5. The van der Waals surface area contributed by atoms with E-state index in [1.807, 2.05) is 24.3 Å². The molecule has 0 saturated carbocycles. The Labute approximate surface area is 146 Å². The Morgan fingerprint density at radius 3 is 2.79 bits per heavy atom. The third-order valence-corrected chi connectivity index (χ3v) is 4.39. The maximum atomic E-state index is 10.7. The number of nitrogens with one attached hydrogen (secondary N) is 1. The standard InChI is InChI=1S/C17H21ClN4O2/c1-17(23,13-4-2-3-5-14(13)18)11-19-15-10-16(21-12-20-15)22-6-8-24-9-7-22/h2-5,10,12,23H,6-9,11H2,1H3,(H,19,20,21). The summed E-state index contributed by atoms with van der Waals surface area (Å²) in [5.74, 6) is 1.52. The summed E-state index contributed by atoms with van der Waals surface area (Å²) in [5.41, 5.74) is -0.427. The van der Waals surface area contributed by atoms with E-state index in [4.69, 9.17) is 16.3 Å². The molecule has 1 atom stereocenters. The van der Waals surface area contributed by atoms with Crippen molar-refractivity contribution in [3.05, 3.63) is 47.2 Å². The van der Waals surface area contributed by atoms with Gasteiger partial charge in [-0.15, -0.1) is 0 Å². The zero-order valence-electron chi connectivity index (χ0n) is 13.6. The van der Waals surface area contributed by atoms with Crippen LogP contribution >= 0.6 is 11.6 Å². The van der Waals surface area contributed by atoms with E-state index in [1.54, 1.807) is 13.0 Å². The second-order valence-corrected chi connectivity index (χ2v) is 6.38. The van der Waals surface area contributed by atoms with Gasteiger partial charge in [0.1, 0.15) is 23.6 Å². The van der Waals surface area contributed by atoms with Gasteiger partial charge in [0.25, 0.3) is 0 Å². The molecule has 2 heterocycles. The lowest BCUT2D eigenvalue weighted by Gasteiger charge is -2.28. The summed E-state index contributed by atoms with van der Waals surface area (Å²) in [7, 11) is 0. The molecule has 24 heavy (non-hydrogen) atoms. The van der Waals surface area contributed by atoms with Crippen LogP contribution in [-0.2, 0) is 10.3 Å². The van der Waals surface area contributed by atoms with E-state index in [0.717, 1.165) is 18.9 Å². The number of ether oxygens (including phenoxy) is 1. The van der Waals surface area contributed by atoms with Gasteiger partial charge in [0.2, 0.25) is 0 Å². The number of anilines is 2. The van der Waals surface area contributed by atoms with Gasteiger partial charge < -0.3 is 20.1 Å². The average molecular weight is 349 g/mol. The molecule has 0 amide bonds. The van der Waals surface area contributed by atoms with Gasteiger partial charge >= 0.3 is 0 Å². The first kappa shape index (κ1) is 17.0. The first-order valence-corrected chi connectivity index (χ1v) is 8.30. The SMILES string of the molecule is CC(O)(CNc1cc(N2CCOCC2)ncn1)c1ccccc1Cl. The van der Waals surface area contributed by atoms with Gasteiger partial charge in [0.05, 0.1) is 13.2 Å². The van der Waals surface area contributed by atoms with E-state index in [0.29, 0.717) is 29.6 Å². The average Bonchev–Trinajstić information content (AvgIpc) is 2.61. The van der Waals surface area contributed by atoms with Crippen molar-refractivity contribution in [3.63, 3.8) is 0 Å². The monoisotopic (exact) mass is 348 g/mol. The molecular formula is C17H21ClN4O2. The number of hydrogen-bond donors (Lipinski definition) is 2. The fourth-order valence-corrected chi connectivity index (χ4v) is 3.00. The highest BCUT2D eigenvalue weighted by molar-refractivity contribution is 6.31. The summed E-state index contributed by atoms with van der Waals surface area (Å²) in [6.07, 6.45) is 1.53. The van der Waals surface area contributed by atoms with Gasteiger partial charge in [-0.05, 0) is 13.0 Å². The number of aliphatic hydroxyl groups is 1. The Balaban J connectivity index is 1.69. The first-order chi connectivity index (χ1) is 11.6. The molecule has 2 N–H and O–H groups in total. The Kier molecular flexibility index (Phi) is 5.18. The number of aromatic nitrogens is 2. The molecular weight excluding hydrogens is 328 g/mol. The number of benzene rings is 1. The Hall–Kier alpha value is -1.89. The van der Waals surface area contributed by atoms with Crippen molar-refractivity contribution in [2.24, 2.45) is 0 Å². The molecule has 6 nitrogen and oxygen atoms in total. The summed E-state index contributed by atoms with van der Waals surface area (Å²) < 4.78 is 5.36. The van der Waals surface area contributed by atoms with Crippen molar-refractivity contribution in [1.82, 2.24) is 9.97 Å². The predicted octanol–water partition coefficient (Wildman–Crippen LogP) is 2.29. The highest BCUT2D eigenvalue weighted by Crippen LogP contribution is 2.28. The van der Waals surface area contributed by atoms with Crippen LogP contribution < -0.4 is 10.2 Å². The molecule has 0 radical (unpaired) electrons. The normalized spacial score (nSPS) is 17.4. The Morgan fingerprint density at radius 1 is 1.29 bits per heavy atom. The minimum atomic E-state index is -1.11. The molecule has 3 rings (SSSR count). The van der Waals surface area contributed by atoms with Crippen LogP contribution in [0.4, 0.5) is 11.6 Å². The molecule has 1 aromatic carbocycles. The number of morpholine rings is 1. The van der Waals surface area contributed by atoms with E-state index >= 15 is 0 Å². The predicted molar refractivity (Wildman–Crippen MR) is 94.6 cm³/mol. The lowest BCUT2D eigenvalue weighted by Crippen LogP contribution is -2.37. The van der Waals surface area contributed by atoms with Gasteiger partial charge in [-0.1, -0.05) is 29.8 Å². The van der Waals surface area contributed by atoms with Crippen LogP contribution in [0.5, 0.6) is 0 Å². The summed E-state index contributed by atoms with van der Waals surface area (Å²) >= 11 is 6.19. The molecule has 1 aliphatic rings. The molecule has 2 aromatic rings. The van der Waals surface area contributed by atoms with Crippen molar-refractivity contribution in [2.75, 3.05) is 43.1 Å². The van der Waals surface area contributed by atoms with Gasteiger partial charge in [-0.25, -0.2) is 9.97 Å². The topological polar surface area (TPSA) is 70.5 Å². The minimum absolute atomic E-state index is 0.288. The fourth-order valence-electron chi connectivity index (χ4n) is 2.66. The molecule has 1 fully saturated rings. The lowest BCUT2D eigenvalue weighted by molar-refractivity contribution is 0.0715. The second kappa shape index (κ2) is 7.34. The summed E-state index contributed by atoms with van der Waals surface area (Å²) in [6.45, 7) is 5.05. The van der Waals surface area contributed by atoms with Crippen molar-refractivity contribution < 1.29 is 9.84 Å². The van der Waals surface area contributed by atoms with Crippen LogP contribution in [-0.4, -0.2) is 47.9 Å². The second-order valence-electron chi connectivity index (χ2n) is 5.97.